The molecule has 1 aliphatic heterocycles. The molecule has 4 N–H and O–H groups in total. The molecule has 3 aromatic carbocycles. The van der Waals surface area contributed by atoms with Crippen LogP contribution in [0.1, 0.15) is 42.4 Å². The molecule has 0 spiro atoms. The second kappa shape index (κ2) is 16.3. The van der Waals surface area contributed by atoms with Crippen molar-refractivity contribution in [1.82, 2.24) is 20.6 Å². The van der Waals surface area contributed by atoms with Crippen LogP contribution in [-0.4, -0.2) is 59.4 Å². The molecule has 2 amide bonds. The largest absolute Gasteiger partial charge is 0.490 e. The van der Waals surface area contributed by atoms with E-state index in [1.165, 1.54) is 31.0 Å². The van der Waals surface area contributed by atoms with Gasteiger partial charge in [-0.3, -0.25) is 15.5 Å². The topological polar surface area (TPSA) is 179 Å². The smallest absolute Gasteiger partial charge is 0.337 e. The Balaban J connectivity index is 1.20. The van der Waals surface area contributed by atoms with Gasteiger partial charge in [0.25, 0.3) is 5.69 Å². The molecular formula is C36H38N6O8S. The van der Waals surface area contributed by atoms with E-state index in [0.717, 1.165) is 32.4 Å². The predicted octanol–water partition coefficient (Wildman–Crippen LogP) is 5.67. The lowest BCUT2D eigenvalue weighted by molar-refractivity contribution is -0.384. The normalized spacial score (nSPS) is 14.9. The van der Waals surface area contributed by atoms with Crippen LogP contribution in [-0.2, 0) is 9.53 Å². The van der Waals surface area contributed by atoms with Gasteiger partial charge < -0.3 is 34.5 Å². The van der Waals surface area contributed by atoms with Crippen molar-refractivity contribution in [2.45, 2.75) is 49.8 Å². The second-order valence-corrected chi connectivity index (χ2v) is 12.6. The summed E-state index contributed by atoms with van der Waals surface area (Å²) in [6.45, 7) is 7.58. The van der Waals surface area contributed by atoms with Gasteiger partial charge in [0.1, 0.15) is 6.61 Å². The van der Waals surface area contributed by atoms with E-state index in [4.69, 9.17) is 14.2 Å². The van der Waals surface area contributed by atoms with Crippen molar-refractivity contribution < 1.29 is 33.8 Å². The van der Waals surface area contributed by atoms with Crippen LogP contribution >= 0.6 is 11.8 Å². The number of urea groups is 1. The number of allylic oxidation sites excluding steroid dienone is 1. The minimum absolute atomic E-state index is 0.0569. The number of nitro benzene ring substituents is 1. The fourth-order valence-corrected chi connectivity index (χ4v) is 6.38. The number of benzene rings is 3. The molecule has 0 unspecified atom stereocenters. The van der Waals surface area contributed by atoms with E-state index in [9.17, 15) is 24.8 Å². The van der Waals surface area contributed by atoms with Crippen LogP contribution in [0.25, 0.3) is 5.69 Å². The summed E-state index contributed by atoms with van der Waals surface area (Å²) in [7, 11) is 1.27. The van der Waals surface area contributed by atoms with Crippen LogP contribution in [0.5, 0.6) is 11.5 Å². The summed E-state index contributed by atoms with van der Waals surface area (Å²) in [5, 5.41) is 31.1. The third-order valence-electron chi connectivity index (χ3n) is 7.95. The molecule has 2 heterocycles. The van der Waals surface area contributed by atoms with E-state index in [1.807, 2.05) is 51.1 Å². The summed E-state index contributed by atoms with van der Waals surface area (Å²) in [4.78, 5) is 37.1. The molecule has 2 atom stereocenters. The first-order chi connectivity index (χ1) is 24.5. The highest BCUT2D eigenvalue weighted by Crippen LogP contribution is 2.35. The van der Waals surface area contributed by atoms with Crippen molar-refractivity contribution in [1.29, 1.82) is 0 Å². The van der Waals surface area contributed by atoms with Gasteiger partial charge in [-0.1, -0.05) is 17.8 Å². The molecule has 0 aliphatic carbocycles. The zero-order valence-corrected chi connectivity index (χ0v) is 29.4. The number of ether oxygens (including phenoxy) is 3. The lowest BCUT2D eigenvalue weighted by Crippen LogP contribution is -2.45. The lowest BCUT2D eigenvalue weighted by Gasteiger charge is -2.28. The van der Waals surface area contributed by atoms with Crippen molar-refractivity contribution in [2.24, 2.45) is 5.10 Å². The van der Waals surface area contributed by atoms with Gasteiger partial charge >= 0.3 is 12.0 Å². The van der Waals surface area contributed by atoms with E-state index >= 15 is 0 Å². The maximum Gasteiger partial charge on any atom is 0.337 e. The number of hydrogen-bond donors (Lipinski definition) is 4. The summed E-state index contributed by atoms with van der Waals surface area (Å²) in [6.07, 6.45) is 0.475. The summed E-state index contributed by atoms with van der Waals surface area (Å²) in [6, 6.07) is 20.3. The monoisotopic (exact) mass is 714 g/mol. The molecule has 1 aromatic heterocycles. The molecule has 4 aromatic rings. The standard InChI is InChI=1S/C36H38N6O8S/c1-6-49-31-18-24(34-33(35(44)48-5)22(3)38-36(45)39-34)7-16-30(31)50-20-32(43)40-37-19-25-17-21(2)41(23(25)4)26-8-12-28(13-9-26)51-29-14-10-27(11-15-29)42(46)47/h7-19,32,34,40,43H,6,20H2,1-5H3,(H2,38,39,45)/b37-19-/t32-,34-/m0/s1. The van der Waals surface area contributed by atoms with Crippen LogP contribution < -0.4 is 25.5 Å². The third-order valence-corrected chi connectivity index (χ3v) is 8.96. The Morgan fingerprint density at radius 1 is 1.06 bits per heavy atom. The highest BCUT2D eigenvalue weighted by molar-refractivity contribution is 7.99. The first kappa shape index (κ1) is 36.5. The number of carbonyl (C=O) groups excluding carboxylic acids is 2. The fourth-order valence-electron chi connectivity index (χ4n) is 5.57. The molecule has 0 radical (unpaired) electrons. The van der Waals surface area contributed by atoms with Crippen molar-refractivity contribution in [3.8, 4) is 17.2 Å². The number of aryl methyl sites for hydroxylation is 1. The average molecular weight is 715 g/mol. The molecule has 5 rings (SSSR count). The van der Waals surface area contributed by atoms with Crippen LogP contribution in [0.2, 0.25) is 0 Å². The number of aliphatic hydroxyl groups excluding tert-OH is 1. The van der Waals surface area contributed by atoms with Gasteiger partial charge in [-0.25, -0.2) is 9.59 Å². The molecule has 0 saturated carbocycles. The highest BCUT2D eigenvalue weighted by Gasteiger charge is 2.32. The summed E-state index contributed by atoms with van der Waals surface area (Å²) in [5.41, 5.74) is 7.74. The third kappa shape index (κ3) is 8.69. The Hall–Kier alpha value is -5.80. The molecule has 266 valence electrons. The number of nitro groups is 1. The van der Waals surface area contributed by atoms with Gasteiger partial charge in [-0.05, 0) is 87.9 Å². The quantitative estimate of drug-likeness (QED) is 0.0418. The van der Waals surface area contributed by atoms with Gasteiger partial charge in [0, 0.05) is 50.3 Å². The van der Waals surface area contributed by atoms with Crippen molar-refractivity contribution in [3.05, 3.63) is 117 Å². The van der Waals surface area contributed by atoms with Crippen LogP contribution in [0.3, 0.4) is 0 Å². The maximum atomic E-state index is 12.5. The molecule has 0 saturated heterocycles. The van der Waals surface area contributed by atoms with E-state index in [2.05, 4.69) is 25.7 Å². The number of aliphatic hydroxyl groups is 1. The molecule has 51 heavy (non-hydrogen) atoms. The van der Waals surface area contributed by atoms with E-state index in [-0.39, 0.29) is 17.9 Å². The molecule has 14 nitrogen and oxygen atoms in total. The number of nitrogens with one attached hydrogen (secondary N) is 3. The minimum atomic E-state index is -1.15. The van der Waals surface area contributed by atoms with Gasteiger partial charge in [-0.2, -0.15) is 5.10 Å². The van der Waals surface area contributed by atoms with E-state index < -0.39 is 29.2 Å². The first-order valence-electron chi connectivity index (χ1n) is 15.9. The van der Waals surface area contributed by atoms with Gasteiger partial charge in [0.2, 0.25) is 0 Å². The van der Waals surface area contributed by atoms with E-state index in [1.54, 1.807) is 43.5 Å². The number of esters is 1. The van der Waals surface area contributed by atoms with Gasteiger partial charge in [0.15, 0.2) is 17.7 Å². The summed E-state index contributed by atoms with van der Waals surface area (Å²) in [5.74, 6) is 0.143. The lowest BCUT2D eigenvalue weighted by atomic mass is 9.95. The maximum absolute atomic E-state index is 12.5. The summed E-state index contributed by atoms with van der Waals surface area (Å²) >= 11 is 1.52. The Morgan fingerprint density at radius 3 is 2.39 bits per heavy atom. The van der Waals surface area contributed by atoms with Crippen LogP contribution in [0, 0.1) is 24.0 Å². The number of hydrogen-bond acceptors (Lipinski definition) is 11. The summed E-state index contributed by atoms with van der Waals surface area (Å²) < 4.78 is 18.7. The number of rotatable bonds is 14. The number of nitrogens with zero attached hydrogens (tertiary/aromatic N) is 3. The molecule has 1 aliphatic rings. The Bertz CT molecular complexity index is 1970. The Morgan fingerprint density at radius 2 is 1.75 bits per heavy atom. The van der Waals surface area contributed by atoms with Gasteiger partial charge in [-0.15, -0.1) is 0 Å². The number of amides is 2. The molecule has 0 fully saturated rings. The predicted molar refractivity (Wildman–Crippen MR) is 191 cm³/mol. The number of hydrazone groups is 1. The minimum Gasteiger partial charge on any atom is -0.490 e. The van der Waals surface area contributed by atoms with Crippen molar-refractivity contribution in [2.75, 3.05) is 20.3 Å². The zero-order valence-electron chi connectivity index (χ0n) is 28.6. The van der Waals surface area contributed by atoms with Crippen molar-refractivity contribution >= 4 is 35.7 Å². The van der Waals surface area contributed by atoms with Crippen molar-refractivity contribution in [3.63, 3.8) is 0 Å². The first-order valence-corrected chi connectivity index (χ1v) is 16.7. The Kier molecular flexibility index (Phi) is 11.6. The number of non-ortho nitro benzene ring substituents is 1. The Labute approximate surface area is 298 Å². The number of aromatic nitrogens is 1. The number of methoxy groups -OCH3 is 1. The molecule has 0 bridgehead atoms. The second-order valence-electron chi connectivity index (χ2n) is 11.4. The number of carbonyl (C=O) groups is 2. The fraction of sp³-hybridized carbons (Fsp3) is 0.250. The van der Waals surface area contributed by atoms with E-state index in [0.29, 0.717) is 29.4 Å². The zero-order chi connectivity index (χ0) is 36.7. The molecule has 15 heteroatoms. The molecular weight excluding hydrogens is 676 g/mol. The average Bonchev–Trinajstić information content (AvgIpc) is 3.39. The van der Waals surface area contributed by atoms with Crippen LogP contribution in [0.4, 0.5) is 10.5 Å². The van der Waals surface area contributed by atoms with Crippen LogP contribution in [0.15, 0.2) is 99.0 Å². The SMILES string of the molecule is CCOc1cc([C@@H]2NC(=O)NC(C)=C2C(=O)OC)ccc1OC[C@H](O)N/N=C\c1cc(C)n(-c2ccc(Sc3ccc([N+](=O)[O-])cc3)cc2)c1C. The highest BCUT2D eigenvalue weighted by atomic mass is 32.2. The van der Waals surface area contributed by atoms with Gasteiger partial charge in [0.05, 0.1) is 36.5 Å².